The Bertz CT molecular complexity index is 531. The van der Waals surface area contributed by atoms with E-state index >= 15 is 0 Å². The van der Waals surface area contributed by atoms with Crippen molar-refractivity contribution in [1.82, 2.24) is 9.55 Å². The fraction of sp³-hybridized carbons (Fsp3) is 0.462. The molecule has 2 aromatic heterocycles. The van der Waals surface area contributed by atoms with Gasteiger partial charge in [0.25, 0.3) is 0 Å². The molecule has 4 nitrogen and oxygen atoms in total. The number of nitrogens with zero attached hydrogens (tertiary/aromatic N) is 3. The second-order valence-corrected chi connectivity index (χ2v) is 4.83. The van der Waals surface area contributed by atoms with Crippen molar-refractivity contribution in [3.05, 3.63) is 24.5 Å². The van der Waals surface area contributed by atoms with Crippen molar-refractivity contribution < 1.29 is 0 Å². The largest absolute Gasteiger partial charge is 0.371 e. The maximum atomic E-state index is 5.75. The van der Waals surface area contributed by atoms with E-state index in [0.717, 1.165) is 25.3 Å². The highest BCUT2D eigenvalue weighted by molar-refractivity contribution is 5.90. The van der Waals surface area contributed by atoms with E-state index in [9.17, 15) is 0 Å². The second kappa shape index (κ2) is 4.04. The normalized spacial score (nSPS) is 20.4. The molecule has 1 aliphatic heterocycles. The summed E-state index contributed by atoms with van der Waals surface area (Å²) in [4.78, 5) is 6.86. The average Bonchev–Trinajstić information content (AvgIpc) is 2.96. The molecule has 2 aromatic rings. The van der Waals surface area contributed by atoms with Gasteiger partial charge in [0.05, 0.1) is 0 Å². The molecular weight excluding hydrogens is 212 g/mol. The summed E-state index contributed by atoms with van der Waals surface area (Å²) in [5.74, 6) is 0.641. The zero-order valence-corrected chi connectivity index (χ0v) is 10.1. The summed E-state index contributed by atoms with van der Waals surface area (Å²) in [6, 6.07) is 4.26. The van der Waals surface area contributed by atoms with Crippen LogP contribution in [0.5, 0.6) is 0 Å². The van der Waals surface area contributed by atoms with Gasteiger partial charge >= 0.3 is 0 Å². The summed E-state index contributed by atoms with van der Waals surface area (Å²) < 4.78 is 2.06. The molecule has 90 valence electrons. The smallest absolute Gasteiger partial charge is 0.141 e. The first-order valence-corrected chi connectivity index (χ1v) is 6.14. The van der Waals surface area contributed by atoms with Crippen LogP contribution in [0.15, 0.2) is 24.5 Å². The van der Waals surface area contributed by atoms with Gasteiger partial charge in [-0.25, -0.2) is 4.98 Å². The Labute approximate surface area is 101 Å². The molecule has 4 heteroatoms. The molecule has 0 spiro atoms. The van der Waals surface area contributed by atoms with E-state index in [1.54, 1.807) is 0 Å². The SMILES string of the molecule is Cn1ccc2c(N3CCC(CN)C3)ccnc21. The van der Waals surface area contributed by atoms with Gasteiger partial charge in [-0.3, -0.25) is 0 Å². The van der Waals surface area contributed by atoms with Gasteiger partial charge in [-0.15, -0.1) is 0 Å². The summed E-state index contributed by atoms with van der Waals surface area (Å²) in [6.07, 6.45) is 5.16. The molecule has 3 rings (SSSR count). The number of hydrogen-bond acceptors (Lipinski definition) is 3. The van der Waals surface area contributed by atoms with Crippen LogP contribution < -0.4 is 10.6 Å². The molecule has 1 fully saturated rings. The van der Waals surface area contributed by atoms with Crippen LogP contribution in [0, 0.1) is 5.92 Å². The molecule has 0 radical (unpaired) electrons. The molecule has 17 heavy (non-hydrogen) atoms. The fourth-order valence-corrected chi connectivity index (χ4v) is 2.67. The first kappa shape index (κ1) is 10.6. The predicted molar refractivity (Wildman–Crippen MR) is 70.1 cm³/mol. The van der Waals surface area contributed by atoms with Crippen LogP contribution >= 0.6 is 0 Å². The van der Waals surface area contributed by atoms with Crippen LogP contribution in [-0.2, 0) is 7.05 Å². The number of anilines is 1. The molecule has 1 aliphatic rings. The lowest BCUT2D eigenvalue weighted by molar-refractivity contribution is 0.603. The van der Waals surface area contributed by atoms with Crippen LogP contribution in [-0.4, -0.2) is 29.2 Å². The maximum Gasteiger partial charge on any atom is 0.141 e. The van der Waals surface area contributed by atoms with Crippen molar-refractivity contribution in [1.29, 1.82) is 0 Å². The van der Waals surface area contributed by atoms with Crippen LogP contribution in [0.4, 0.5) is 5.69 Å². The first-order valence-electron chi connectivity index (χ1n) is 6.14. The Balaban J connectivity index is 2.00. The van der Waals surface area contributed by atoms with Crippen molar-refractivity contribution >= 4 is 16.7 Å². The summed E-state index contributed by atoms with van der Waals surface area (Å²) in [6.45, 7) is 2.97. The monoisotopic (exact) mass is 230 g/mol. The van der Waals surface area contributed by atoms with Gasteiger partial charge in [-0.05, 0) is 31.0 Å². The predicted octanol–water partition coefficient (Wildman–Crippen LogP) is 1.36. The van der Waals surface area contributed by atoms with Gasteiger partial charge in [0.2, 0.25) is 0 Å². The minimum Gasteiger partial charge on any atom is -0.371 e. The lowest BCUT2D eigenvalue weighted by Gasteiger charge is -2.19. The van der Waals surface area contributed by atoms with Crippen LogP contribution in [0.3, 0.4) is 0 Å². The summed E-state index contributed by atoms with van der Waals surface area (Å²) in [5, 5.41) is 1.24. The van der Waals surface area contributed by atoms with Crippen molar-refractivity contribution in [2.75, 3.05) is 24.5 Å². The highest BCUT2D eigenvalue weighted by atomic mass is 15.2. The first-order chi connectivity index (χ1) is 8.29. The Hall–Kier alpha value is -1.55. The number of pyridine rings is 1. The summed E-state index contributed by atoms with van der Waals surface area (Å²) >= 11 is 0. The van der Waals surface area contributed by atoms with Gasteiger partial charge in [-0.1, -0.05) is 0 Å². The molecule has 0 bridgehead atoms. The topological polar surface area (TPSA) is 47.1 Å². The van der Waals surface area contributed by atoms with Crippen LogP contribution in [0.25, 0.3) is 11.0 Å². The number of aromatic nitrogens is 2. The molecule has 1 atom stereocenters. The molecular formula is C13H18N4. The van der Waals surface area contributed by atoms with Crippen LogP contribution in [0.1, 0.15) is 6.42 Å². The average molecular weight is 230 g/mol. The Morgan fingerprint density at radius 2 is 2.35 bits per heavy atom. The van der Waals surface area contributed by atoms with Gasteiger partial charge in [0, 0.05) is 43.6 Å². The summed E-state index contributed by atoms with van der Waals surface area (Å²) in [5.41, 5.74) is 8.10. The van der Waals surface area contributed by atoms with E-state index in [1.165, 1.54) is 17.5 Å². The minimum atomic E-state index is 0.641. The third-order valence-corrected chi connectivity index (χ3v) is 3.70. The maximum absolute atomic E-state index is 5.75. The van der Waals surface area contributed by atoms with Crippen molar-refractivity contribution in [2.24, 2.45) is 18.7 Å². The van der Waals surface area contributed by atoms with E-state index in [-0.39, 0.29) is 0 Å². The van der Waals surface area contributed by atoms with Crippen LogP contribution in [0.2, 0.25) is 0 Å². The van der Waals surface area contributed by atoms with E-state index in [0.29, 0.717) is 5.92 Å². The van der Waals surface area contributed by atoms with Gasteiger partial charge in [0.1, 0.15) is 5.65 Å². The van der Waals surface area contributed by atoms with Crippen molar-refractivity contribution in [3.63, 3.8) is 0 Å². The Morgan fingerprint density at radius 1 is 1.47 bits per heavy atom. The molecule has 1 unspecified atom stereocenters. The van der Waals surface area contributed by atoms with Gasteiger partial charge in [-0.2, -0.15) is 0 Å². The number of nitrogens with two attached hydrogens (primary N) is 1. The molecule has 0 saturated carbocycles. The van der Waals surface area contributed by atoms with Crippen molar-refractivity contribution in [2.45, 2.75) is 6.42 Å². The number of hydrogen-bond donors (Lipinski definition) is 1. The van der Waals surface area contributed by atoms with E-state index in [1.807, 2.05) is 13.2 Å². The molecule has 2 N–H and O–H groups in total. The number of rotatable bonds is 2. The lowest BCUT2D eigenvalue weighted by atomic mass is 10.1. The number of fused-ring (bicyclic) bond motifs is 1. The highest BCUT2D eigenvalue weighted by Crippen LogP contribution is 2.29. The van der Waals surface area contributed by atoms with Crippen molar-refractivity contribution in [3.8, 4) is 0 Å². The summed E-state index contributed by atoms with van der Waals surface area (Å²) in [7, 11) is 2.03. The zero-order valence-electron chi connectivity index (χ0n) is 10.1. The highest BCUT2D eigenvalue weighted by Gasteiger charge is 2.23. The molecule has 0 aromatic carbocycles. The van der Waals surface area contributed by atoms with E-state index in [4.69, 9.17) is 5.73 Å². The third-order valence-electron chi connectivity index (χ3n) is 3.70. The molecule has 0 aliphatic carbocycles. The molecule has 1 saturated heterocycles. The van der Waals surface area contributed by atoms with Gasteiger partial charge in [0.15, 0.2) is 0 Å². The Morgan fingerprint density at radius 3 is 3.12 bits per heavy atom. The van der Waals surface area contributed by atoms with Gasteiger partial charge < -0.3 is 15.2 Å². The van der Waals surface area contributed by atoms with E-state index in [2.05, 4.69) is 32.8 Å². The minimum absolute atomic E-state index is 0.641. The zero-order chi connectivity index (χ0) is 11.8. The number of aryl methyl sites for hydroxylation is 1. The molecule has 3 heterocycles. The lowest BCUT2D eigenvalue weighted by Crippen LogP contribution is -2.22. The standard InChI is InChI=1S/C13H18N4/c1-16-6-4-11-12(2-5-15-13(11)16)17-7-3-10(8-14)9-17/h2,4-6,10H,3,7-9,14H2,1H3. The fourth-order valence-electron chi connectivity index (χ4n) is 2.67. The molecule has 0 amide bonds. The Kier molecular flexibility index (Phi) is 2.52. The quantitative estimate of drug-likeness (QED) is 0.847. The third kappa shape index (κ3) is 1.69. The second-order valence-electron chi connectivity index (χ2n) is 4.83. The van der Waals surface area contributed by atoms with E-state index < -0.39 is 0 Å².